The lowest BCUT2D eigenvalue weighted by Gasteiger charge is -2.26. The van der Waals surface area contributed by atoms with E-state index in [2.05, 4.69) is 0 Å². The molecule has 0 aliphatic rings. The van der Waals surface area contributed by atoms with Gasteiger partial charge in [0.25, 0.3) is 5.91 Å². The van der Waals surface area contributed by atoms with Crippen molar-refractivity contribution in [3.05, 3.63) is 114 Å². The van der Waals surface area contributed by atoms with E-state index in [4.69, 9.17) is 4.74 Å². The second-order valence-electron chi connectivity index (χ2n) is 9.54. The highest BCUT2D eigenvalue weighted by Crippen LogP contribution is 2.34. The predicted molar refractivity (Wildman–Crippen MR) is 141 cm³/mol. The summed E-state index contributed by atoms with van der Waals surface area (Å²) in [5.74, 6) is -3.70. The lowest BCUT2D eigenvalue weighted by atomic mass is 9.94. The minimum Gasteiger partial charge on any atom is -0.459 e. The van der Waals surface area contributed by atoms with Gasteiger partial charge < -0.3 is 4.74 Å². The Morgan fingerprint density at radius 2 is 1.27 bits per heavy atom. The molecular formula is C31H27F2NO3. The number of rotatable bonds is 6. The van der Waals surface area contributed by atoms with Crippen LogP contribution in [0.25, 0.3) is 22.3 Å². The number of esters is 1. The monoisotopic (exact) mass is 499 g/mol. The van der Waals surface area contributed by atoms with Gasteiger partial charge in [0.05, 0.1) is 0 Å². The fourth-order valence-corrected chi connectivity index (χ4v) is 4.07. The van der Waals surface area contributed by atoms with E-state index in [9.17, 15) is 18.4 Å². The van der Waals surface area contributed by atoms with Gasteiger partial charge in [-0.1, -0.05) is 72.8 Å². The van der Waals surface area contributed by atoms with Crippen LogP contribution < -0.4 is 4.90 Å². The third kappa shape index (κ3) is 6.09. The van der Waals surface area contributed by atoms with Gasteiger partial charge >= 0.3 is 5.97 Å². The van der Waals surface area contributed by atoms with E-state index in [-0.39, 0.29) is 0 Å². The fraction of sp³-hybridized carbons (Fsp3) is 0.161. The zero-order chi connectivity index (χ0) is 26.6. The summed E-state index contributed by atoms with van der Waals surface area (Å²) in [6.07, 6.45) is 0. The van der Waals surface area contributed by atoms with Gasteiger partial charge in [-0.25, -0.2) is 8.78 Å². The third-order valence-electron chi connectivity index (χ3n) is 5.61. The first kappa shape index (κ1) is 25.8. The van der Waals surface area contributed by atoms with E-state index >= 15 is 0 Å². The lowest BCUT2D eigenvalue weighted by Crippen LogP contribution is -2.39. The SMILES string of the molecule is CC(C)(C)OC(=O)CN(C(=O)c1c(F)cccc1F)c1cccc(-c2ccccc2-c2ccccc2)c1. The van der Waals surface area contributed by atoms with Crippen molar-refractivity contribution >= 4 is 17.6 Å². The Hall–Kier alpha value is -4.32. The zero-order valence-corrected chi connectivity index (χ0v) is 20.9. The number of nitrogens with zero attached hydrogens (tertiary/aromatic N) is 1. The summed E-state index contributed by atoms with van der Waals surface area (Å²) in [7, 11) is 0. The molecule has 37 heavy (non-hydrogen) atoms. The average molecular weight is 500 g/mol. The number of carbonyl (C=O) groups is 2. The van der Waals surface area contributed by atoms with Crippen LogP contribution in [0, 0.1) is 11.6 Å². The van der Waals surface area contributed by atoms with Crippen LogP contribution in [0.3, 0.4) is 0 Å². The summed E-state index contributed by atoms with van der Waals surface area (Å²) in [6, 6.07) is 27.8. The molecule has 188 valence electrons. The molecule has 0 unspecified atom stereocenters. The molecule has 0 bridgehead atoms. The Balaban J connectivity index is 1.80. The van der Waals surface area contributed by atoms with Gasteiger partial charge in [0, 0.05) is 5.69 Å². The smallest absolute Gasteiger partial charge is 0.326 e. The Kier molecular flexibility index (Phi) is 7.48. The first-order valence-corrected chi connectivity index (χ1v) is 11.9. The van der Waals surface area contributed by atoms with Crippen molar-refractivity contribution in [3.63, 3.8) is 0 Å². The van der Waals surface area contributed by atoms with Gasteiger partial charge in [0.1, 0.15) is 29.3 Å². The number of benzene rings is 4. The molecular weight excluding hydrogens is 472 g/mol. The summed E-state index contributed by atoms with van der Waals surface area (Å²) >= 11 is 0. The van der Waals surface area contributed by atoms with Crippen molar-refractivity contribution in [1.29, 1.82) is 0 Å². The topological polar surface area (TPSA) is 46.6 Å². The van der Waals surface area contributed by atoms with E-state index in [1.54, 1.807) is 39.0 Å². The second-order valence-corrected chi connectivity index (χ2v) is 9.54. The van der Waals surface area contributed by atoms with Gasteiger partial charge in [0.15, 0.2) is 0 Å². The molecule has 4 rings (SSSR count). The van der Waals surface area contributed by atoms with Crippen LogP contribution in [0.15, 0.2) is 97.1 Å². The van der Waals surface area contributed by atoms with Crippen molar-refractivity contribution < 1.29 is 23.1 Å². The Labute approximate surface area is 215 Å². The summed E-state index contributed by atoms with van der Waals surface area (Å²) in [5, 5.41) is 0. The molecule has 0 saturated carbocycles. The zero-order valence-electron chi connectivity index (χ0n) is 20.9. The largest absolute Gasteiger partial charge is 0.459 e. The standard InChI is InChI=1S/C31H27F2NO3/c1-31(2,3)37-28(35)20-34(30(36)29-26(32)17-10-18-27(29)33)23-14-9-13-22(19-23)25-16-8-7-15-24(25)21-11-5-4-6-12-21/h4-19H,20H2,1-3H3. The van der Waals surface area contributed by atoms with Crippen LogP contribution in [-0.2, 0) is 9.53 Å². The van der Waals surface area contributed by atoms with E-state index in [1.807, 2.05) is 60.7 Å². The van der Waals surface area contributed by atoms with Crippen LogP contribution in [0.2, 0.25) is 0 Å². The van der Waals surface area contributed by atoms with Crippen LogP contribution in [0.1, 0.15) is 31.1 Å². The van der Waals surface area contributed by atoms with Crippen molar-refractivity contribution in [2.45, 2.75) is 26.4 Å². The van der Waals surface area contributed by atoms with E-state index < -0.39 is 41.2 Å². The number of halogens is 2. The number of anilines is 1. The highest BCUT2D eigenvalue weighted by atomic mass is 19.1. The summed E-state index contributed by atoms with van der Waals surface area (Å²) in [5.41, 5.74) is 2.43. The predicted octanol–water partition coefficient (Wildman–Crippen LogP) is 7.29. The molecule has 0 N–H and O–H groups in total. The average Bonchev–Trinajstić information content (AvgIpc) is 2.86. The lowest BCUT2D eigenvalue weighted by molar-refractivity contribution is -0.152. The van der Waals surface area contributed by atoms with E-state index in [0.717, 1.165) is 39.3 Å². The minimum absolute atomic E-state index is 0.305. The van der Waals surface area contributed by atoms with E-state index in [1.165, 1.54) is 6.07 Å². The van der Waals surface area contributed by atoms with Gasteiger partial charge in [0.2, 0.25) is 0 Å². The maximum absolute atomic E-state index is 14.6. The highest BCUT2D eigenvalue weighted by molar-refractivity contribution is 6.09. The number of amides is 1. The van der Waals surface area contributed by atoms with Gasteiger partial charge in [-0.05, 0) is 67.3 Å². The second kappa shape index (κ2) is 10.7. The van der Waals surface area contributed by atoms with Crippen LogP contribution in [-0.4, -0.2) is 24.0 Å². The molecule has 1 amide bonds. The third-order valence-corrected chi connectivity index (χ3v) is 5.61. The van der Waals surface area contributed by atoms with Crippen molar-refractivity contribution in [1.82, 2.24) is 0 Å². The molecule has 6 heteroatoms. The van der Waals surface area contributed by atoms with Crippen LogP contribution in [0.5, 0.6) is 0 Å². The summed E-state index contributed by atoms with van der Waals surface area (Å²) < 4.78 is 34.5. The van der Waals surface area contributed by atoms with Crippen molar-refractivity contribution in [3.8, 4) is 22.3 Å². The number of hydrogen-bond donors (Lipinski definition) is 0. The normalized spacial score (nSPS) is 11.2. The van der Waals surface area contributed by atoms with Gasteiger partial charge in [-0.2, -0.15) is 0 Å². The van der Waals surface area contributed by atoms with Gasteiger partial charge in [-0.3, -0.25) is 14.5 Å². The summed E-state index contributed by atoms with van der Waals surface area (Å²) in [6.45, 7) is 4.59. The number of ether oxygens (including phenoxy) is 1. The van der Waals surface area contributed by atoms with Crippen molar-refractivity contribution in [2.24, 2.45) is 0 Å². The minimum atomic E-state index is -1.01. The highest BCUT2D eigenvalue weighted by Gasteiger charge is 2.28. The van der Waals surface area contributed by atoms with E-state index in [0.29, 0.717) is 5.69 Å². The fourth-order valence-electron chi connectivity index (χ4n) is 4.07. The number of carbonyl (C=O) groups excluding carboxylic acids is 2. The maximum atomic E-state index is 14.6. The maximum Gasteiger partial charge on any atom is 0.326 e. The molecule has 0 aliphatic carbocycles. The Bertz CT molecular complexity index is 1410. The summed E-state index contributed by atoms with van der Waals surface area (Å²) in [4.78, 5) is 27.2. The Morgan fingerprint density at radius 3 is 1.89 bits per heavy atom. The molecule has 0 aromatic heterocycles. The van der Waals surface area contributed by atoms with Crippen LogP contribution >= 0.6 is 0 Å². The molecule has 4 aromatic carbocycles. The Morgan fingerprint density at radius 1 is 0.730 bits per heavy atom. The van der Waals surface area contributed by atoms with Crippen LogP contribution in [0.4, 0.5) is 14.5 Å². The molecule has 0 radical (unpaired) electrons. The molecule has 4 nitrogen and oxygen atoms in total. The molecule has 4 aromatic rings. The first-order chi connectivity index (χ1) is 17.6. The molecule has 0 heterocycles. The molecule has 0 saturated heterocycles. The molecule has 0 aliphatic heterocycles. The van der Waals surface area contributed by atoms with Crippen molar-refractivity contribution in [2.75, 3.05) is 11.4 Å². The molecule has 0 spiro atoms. The first-order valence-electron chi connectivity index (χ1n) is 11.9. The molecule has 0 fully saturated rings. The number of hydrogen-bond acceptors (Lipinski definition) is 3. The quantitative estimate of drug-likeness (QED) is 0.262. The van der Waals surface area contributed by atoms with Gasteiger partial charge in [-0.15, -0.1) is 0 Å². The molecule has 0 atom stereocenters.